The first kappa shape index (κ1) is 18.9. The molecule has 3 aliphatic rings. The number of carbonyl (C=O) groups excluding carboxylic acids is 1. The summed E-state index contributed by atoms with van der Waals surface area (Å²) in [6, 6.07) is 7.06. The molecule has 0 bridgehead atoms. The molecule has 4 rings (SSSR count). The molecule has 2 saturated heterocycles. The van der Waals surface area contributed by atoms with Gasteiger partial charge in [0, 0.05) is 18.3 Å². The molecule has 0 radical (unpaired) electrons. The van der Waals surface area contributed by atoms with Gasteiger partial charge in [-0.2, -0.15) is 0 Å². The fraction of sp³-hybridized carbons (Fsp3) is 0.682. The van der Waals surface area contributed by atoms with E-state index in [-0.39, 0.29) is 23.9 Å². The maximum atomic E-state index is 13.7. The van der Waals surface area contributed by atoms with E-state index >= 15 is 0 Å². The number of nitrogens with zero attached hydrogens (tertiary/aromatic N) is 2. The molecule has 1 unspecified atom stereocenters. The average Bonchev–Trinajstić information content (AvgIpc) is 3.05. The molecule has 2 heterocycles. The lowest BCUT2D eigenvalue weighted by Gasteiger charge is -2.42. The molecule has 3 fully saturated rings. The minimum absolute atomic E-state index is 0.0731. The second kappa shape index (κ2) is 8.27. The Morgan fingerprint density at radius 1 is 1.04 bits per heavy atom. The van der Waals surface area contributed by atoms with Crippen molar-refractivity contribution in [1.29, 1.82) is 0 Å². The van der Waals surface area contributed by atoms with E-state index < -0.39 is 0 Å². The first-order valence-corrected chi connectivity index (χ1v) is 10.6. The maximum Gasteiger partial charge on any atom is 0.253 e. The Hall–Kier alpha value is -1.46. The van der Waals surface area contributed by atoms with E-state index in [0.717, 1.165) is 32.4 Å². The molecule has 0 aromatic heterocycles. The number of amides is 1. The lowest BCUT2D eigenvalue weighted by molar-refractivity contribution is -0.140. The van der Waals surface area contributed by atoms with Crippen molar-refractivity contribution in [2.45, 2.75) is 69.4 Å². The van der Waals surface area contributed by atoms with Crippen LogP contribution in [0.25, 0.3) is 0 Å². The quantitative estimate of drug-likeness (QED) is 0.730. The SMILES string of the molecule is O=C1COC2(CCCN(C3CCCCCC3)CC2)CN1c1cccc(F)c1. The number of hydrogen-bond donors (Lipinski definition) is 0. The van der Waals surface area contributed by atoms with Crippen LogP contribution in [0.4, 0.5) is 10.1 Å². The van der Waals surface area contributed by atoms with Gasteiger partial charge in [-0.3, -0.25) is 4.79 Å². The van der Waals surface area contributed by atoms with Crippen LogP contribution in [-0.2, 0) is 9.53 Å². The van der Waals surface area contributed by atoms with Crippen LogP contribution in [0, 0.1) is 5.82 Å². The lowest BCUT2D eigenvalue weighted by atomic mass is 9.92. The summed E-state index contributed by atoms with van der Waals surface area (Å²) in [5.41, 5.74) is 0.354. The number of anilines is 1. The van der Waals surface area contributed by atoms with E-state index in [4.69, 9.17) is 4.74 Å². The van der Waals surface area contributed by atoms with E-state index in [9.17, 15) is 9.18 Å². The number of halogens is 1. The summed E-state index contributed by atoms with van der Waals surface area (Å²) in [6.07, 6.45) is 11.1. The normalized spacial score (nSPS) is 28.9. The Labute approximate surface area is 161 Å². The zero-order valence-corrected chi connectivity index (χ0v) is 16.2. The maximum absolute atomic E-state index is 13.7. The van der Waals surface area contributed by atoms with Crippen LogP contribution in [0.2, 0.25) is 0 Å². The highest BCUT2D eigenvalue weighted by Crippen LogP contribution is 2.34. The zero-order chi connectivity index (χ0) is 18.7. The van der Waals surface area contributed by atoms with Crippen LogP contribution in [0.3, 0.4) is 0 Å². The van der Waals surface area contributed by atoms with Crippen molar-refractivity contribution in [2.75, 3.05) is 31.1 Å². The molecule has 1 aliphatic carbocycles. The minimum Gasteiger partial charge on any atom is -0.363 e. The van der Waals surface area contributed by atoms with Crippen LogP contribution in [0.15, 0.2) is 24.3 Å². The average molecular weight is 374 g/mol. The summed E-state index contributed by atoms with van der Waals surface area (Å²) in [5, 5.41) is 0. The van der Waals surface area contributed by atoms with Crippen molar-refractivity contribution >= 4 is 11.6 Å². The lowest BCUT2D eigenvalue weighted by Crippen LogP contribution is -2.55. The van der Waals surface area contributed by atoms with Crippen molar-refractivity contribution < 1.29 is 13.9 Å². The molecule has 148 valence electrons. The van der Waals surface area contributed by atoms with Gasteiger partial charge in [0.2, 0.25) is 0 Å². The van der Waals surface area contributed by atoms with Gasteiger partial charge in [-0.25, -0.2) is 4.39 Å². The van der Waals surface area contributed by atoms with E-state index in [2.05, 4.69) is 4.90 Å². The van der Waals surface area contributed by atoms with Crippen LogP contribution in [0.1, 0.15) is 57.8 Å². The molecule has 4 nitrogen and oxygen atoms in total. The molecule has 0 N–H and O–H groups in total. The monoisotopic (exact) mass is 374 g/mol. The smallest absolute Gasteiger partial charge is 0.253 e. The van der Waals surface area contributed by atoms with Crippen molar-refractivity contribution in [2.24, 2.45) is 0 Å². The molecule has 1 spiro atoms. The highest BCUT2D eigenvalue weighted by Gasteiger charge is 2.42. The van der Waals surface area contributed by atoms with Crippen molar-refractivity contribution in [3.05, 3.63) is 30.1 Å². The minimum atomic E-state index is -0.304. The fourth-order valence-corrected chi connectivity index (χ4v) is 5.07. The van der Waals surface area contributed by atoms with Crippen LogP contribution < -0.4 is 4.90 Å². The molecule has 5 heteroatoms. The van der Waals surface area contributed by atoms with E-state index in [1.54, 1.807) is 11.0 Å². The van der Waals surface area contributed by atoms with Gasteiger partial charge >= 0.3 is 0 Å². The van der Waals surface area contributed by atoms with Gasteiger partial charge in [0.1, 0.15) is 12.4 Å². The third-order valence-corrected chi connectivity index (χ3v) is 6.64. The highest BCUT2D eigenvalue weighted by atomic mass is 19.1. The highest BCUT2D eigenvalue weighted by molar-refractivity contribution is 5.95. The van der Waals surface area contributed by atoms with Gasteiger partial charge in [-0.1, -0.05) is 31.7 Å². The number of hydrogen-bond acceptors (Lipinski definition) is 3. The van der Waals surface area contributed by atoms with Gasteiger partial charge in [0.05, 0.1) is 12.1 Å². The number of carbonyl (C=O) groups is 1. The summed E-state index contributed by atoms with van der Waals surface area (Å²) >= 11 is 0. The summed E-state index contributed by atoms with van der Waals surface area (Å²) < 4.78 is 19.8. The Morgan fingerprint density at radius 2 is 1.85 bits per heavy atom. The molecule has 2 aliphatic heterocycles. The van der Waals surface area contributed by atoms with E-state index in [0.29, 0.717) is 18.3 Å². The molecule has 27 heavy (non-hydrogen) atoms. The van der Waals surface area contributed by atoms with Crippen LogP contribution in [-0.4, -0.2) is 48.7 Å². The number of ether oxygens (including phenoxy) is 1. The third kappa shape index (κ3) is 4.35. The molecule has 1 saturated carbocycles. The molecule has 1 atom stereocenters. The molecule has 1 aromatic carbocycles. The molecule has 1 aromatic rings. The number of likely N-dealkylation sites (tertiary alicyclic amines) is 1. The number of benzene rings is 1. The van der Waals surface area contributed by atoms with Crippen molar-refractivity contribution in [3.63, 3.8) is 0 Å². The Balaban J connectivity index is 1.45. The number of rotatable bonds is 2. The summed E-state index contributed by atoms with van der Waals surface area (Å²) in [4.78, 5) is 16.8. The standard InChI is InChI=1S/C22H31FN2O2/c23-18-7-5-10-20(15-18)25-17-22(27-16-21(25)26)11-6-13-24(14-12-22)19-8-3-1-2-4-9-19/h5,7,10,15,19H,1-4,6,8-9,11-14,16-17H2. The van der Waals surface area contributed by atoms with Gasteiger partial charge in [-0.05, 0) is 56.8 Å². The zero-order valence-electron chi connectivity index (χ0n) is 16.2. The van der Waals surface area contributed by atoms with E-state index in [1.807, 2.05) is 6.07 Å². The van der Waals surface area contributed by atoms with E-state index in [1.165, 1.54) is 50.7 Å². The summed E-state index contributed by atoms with van der Waals surface area (Å²) in [5.74, 6) is -0.377. The Morgan fingerprint density at radius 3 is 2.63 bits per heavy atom. The Kier molecular flexibility index (Phi) is 5.79. The fourth-order valence-electron chi connectivity index (χ4n) is 5.07. The summed E-state index contributed by atoms with van der Waals surface area (Å²) in [7, 11) is 0. The second-order valence-corrected chi connectivity index (χ2v) is 8.47. The van der Waals surface area contributed by atoms with Crippen molar-refractivity contribution in [1.82, 2.24) is 4.90 Å². The van der Waals surface area contributed by atoms with Crippen LogP contribution >= 0.6 is 0 Å². The van der Waals surface area contributed by atoms with Crippen molar-refractivity contribution in [3.8, 4) is 0 Å². The van der Waals surface area contributed by atoms with Gasteiger partial charge in [0.25, 0.3) is 5.91 Å². The first-order valence-electron chi connectivity index (χ1n) is 10.6. The Bertz CT molecular complexity index is 659. The molecular weight excluding hydrogens is 343 g/mol. The first-order chi connectivity index (χ1) is 13.2. The van der Waals surface area contributed by atoms with Gasteiger partial charge in [0.15, 0.2) is 0 Å². The van der Waals surface area contributed by atoms with Gasteiger partial charge in [-0.15, -0.1) is 0 Å². The third-order valence-electron chi connectivity index (χ3n) is 6.64. The van der Waals surface area contributed by atoms with Crippen LogP contribution in [0.5, 0.6) is 0 Å². The predicted octanol–water partition coefficient (Wildman–Crippen LogP) is 4.14. The summed E-state index contributed by atoms with van der Waals surface area (Å²) in [6.45, 7) is 2.80. The molecular formula is C22H31FN2O2. The largest absolute Gasteiger partial charge is 0.363 e. The number of morpholine rings is 1. The topological polar surface area (TPSA) is 32.8 Å². The predicted molar refractivity (Wildman–Crippen MR) is 104 cm³/mol. The van der Waals surface area contributed by atoms with Gasteiger partial charge < -0.3 is 14.5 Å². The second-order valence-electron chi connectivity index (χ2n) is 8.47. The molecule has 1 amide bonds.